The highest BCUT2D eigenvalue weighted by molar-refractivity contribution is 7.71. The van der Waals surface area contributed by atoms with Gasteiger partial charge in [0.05, 0.1) is 0 Å². The molecule has 1 aromatic rings. The summed E-state index contributed by atoms with van der Waals surface area (Å²) in [6, 6.07) is 0. The molecule has 0 radical (unpaired) electrons. The number of aromatic nitrogens is 2. The van der Waals surface area contributed by atoms with Crippen LogP contribution in [0.5, 0.6) is 0 Å². The molecular formula is C3H7N3O6P2S. The Morgan fingerprint density at radius 1 is 1.27 bits per heavy atom. The third-order valence-electron chi connectivity index (χ3n) is 1.25. The molecule has 86 valence electrons. The van der Waals surface area contributed by atoms with E-state index >= 15 is 0 Å². The molecule has 0 bridgehead atoms. The van der Waals surface area contributed by atoms with Crippen molar-refractivity contribution in [3.8, 4) is 0 Å². The highest BCUT2D eigenvalue weighted by Crippen LogP contribution is 2.59. The lowest BCUT2D eigenvalue weighted by atomic mass is 11.1. The van der Waals surface area contributed by atoms with Gasteiger partial charge >= 0.3 is 15.2 Å². The van der Waals surface area contributed by atoms with E-state index in [1.54, 1.807) is 0 Å². The molecule has 0 amide bonds. The second kappa shape index (κ2) is 4.26. The van der Waals surface area contributed by atoms with Crippen LogP contribution in [0.25, 0.3) is 0 Å². The Kier molecular flexibility index (Phi) is 3.62. The van der Waals surface area contributed by atoms with Crippen molar-refractivity contribution in [3.63, 3.8) is 0 Å². The maximum absolute atomic E-state index is 10.8. The van der Waals surface area contributed by atoms with Crippen molar-refractivity contribution in [1.82, 2.24) is 9.36 Å². The maximum Gasteiger partial charge on any atom is 0.360 e. The van der Waals surface area contributed by atoms with E-state index < -0.39 is 20.7 Å². The lowest BCUT2D eigenvalue weighted by Crippen LogP contribution is -2.19. The van der Waals surface area contributed by atoms with Crippen LogP contribution in [-0.4, -0.2) is 34.5 Å². The van der Waals surface area contributed by atoms with Crippen molar-refractivity contribution in [2.45, 2.75) is 5.52 Å². The van der Waals surface area contributed by atoms with E-state index in [4.69, 9.17) is 19.6 Å². The van der Waals surface area contributed by atoms with E-state index in [1.807, 2.05) is 5.32 Å². The molecule has 0 saturated heterocycles. The van der Waals surface area contributed by atoms with Crippen LogP contribution < -0.4 is 5.32 Å². The van der Waals surface area contributed by atoms with Crippen LogP contribution in [0.2, 0.25) is 0 Å². The normalized spacial score (nSPS) is 13.1. The molecule has 15 heavy (non-hydrogen) atoms. The Labute approximate surface area is 87.7 Å². The first-order chi connectivity index (χ1) is 6.71. The summed E-state index contributed by atoms with van der Waals surface area (Å²) < 4.78 is 25.1. The third kappa shape index (κ3) is 3.62. The molecule has 1 heterocycles. The van der Waals surface area contributed by atoms with Crippen molar-refractivity contribution in [2.75, 3.05) is 5.32 Å². The van der Waals surface area contributed by atoms with E-state index in [2.05, 4.69) is 9.36 Å². The first-order valence-corrected chi connectivity index (χ1v) is 7.48. The topological polar surface area (TPSA) is 153 Å². The van der Waals surface area contributed by atoms with Gasteiger partial charge in [0.25, 0.3) is 0 Å². The van der Waals surface area contributed by atoms with Gasteiger partial charge in [-0.3, -0.25) is 9.13 Å². The number of nitrogens with one attached hydrogen (secondary N) is 1. The van der Waals surface area contributed by atoms with Gasteiger partial charge in [0.2, 0.25) is 10.7 Å². The van der Waals surface area contributed by atoms with Gasteiger partial charge in [-0.1, -0.05) is 0 Å². The summed E-state index contributed by atoms with van der Waals surface area (Å²) in [4.78, 5) is 38.4. The fraction of sp³-hybridized carbons (Fsp3) is 0.333. The summed E-state index contributed by atoms with van der Waals surface area (Å²) in [7, 11) is -9.95. The molecule has 0 unspecified atom stereocenters. The van der Waals surface area contributed by atoms with Crippen LogP contribution in [-0.2, 0) is 9.13 Å². The Hall–Kier alpha value is -0.340. The predicted octanol–water partition coefficient (Wildman–Crippen LogP) is -0.411. The molecule has 0 aromatic carbocycles. The molecule has 0 aliphatic carbocycles. The summed E-state index contributed by atoms with van der Waals surface area (Å²) in [5.74, 6) is 0. The van der Waals surface area contributed by atoms with Crippen LogP contribution in [0.15, 0.2) is 6.33 Å². The zero-order chi connectivity index (χ0) is 11.7. The molecule has 0 atom stereocenters. The van der Waals surface area contributed by atoms with Gasteiger partial charge in [-0.2, -0.15) is 4.37 Å². The second-order valence-corrected chi connectivity index (χ2v) is 7.02. The van der Waals surface area contributed by atoms with Crippen molar-refractivity contribution in [3.05, 3.63) is 6.33 Å². The summed E-state index contributed by atoms with van der Waals surface area (Å²) in [5, 5.41) is 1.88. The van der Waals surface area contributed by atoms with Gasteiger partial charge in [-0.25, -0.2) is 4.98 Å². The van der Waals surface area contributed by atoms with Gasteiger partial charge in [0.1, 0.15) is 6.33 Å². The molecule has 9 nitrogen and oxygen atoms in total. The smallest absolute Gasteiger partial charge is 0.336 e. The van der Waals surface area contributed by atoms with Gasteiger partial charge in [0, 0.05) is 11.5 Å². The molecule has 0 saturated carbocycles. The first-order valence-electron chi connectivity index (χ1n) is 3.35. The average Bonchev–Trinajstić information content (AvgIpc) is 2.46. The van der Waals surface area contributed by atoms with E-state index in [1.165, 1.54) is 0 Å². The van der Waals surface area contributed by atoms with Crippen molar-refractivity contribution < 1.29 is 28.7 Å². The van der Waals surface area contributed by atoms with E-state index in [0.717, 1.165) is 17.9 Å². The Morgan fingerprint density at radius 2 is 1.80 bits per heavy atom. The minimum atomic E-state index is -4.97. The highest BCUT2D eigenvalue weighted by atomic mass is 32.1. The lowest BCUT2D eigenvalue weighted by Gasteiger charge is -2.19. The fourth-order valence-corrected chi connectivity index (χ4v) is 3.49. The minimum Gasteiger partial charge on any atom is -0.336 e. The Morgan fingerprint density at radius 3 is 2.13 bits per heavy atom. The molecule has 0 fully saturated rings. The predicted molar refractivity (Wildman–Crippen MR) is 51.4 cm³/mol. The molecule has 1 rings (SSSR count). The molecule has 5 N–H and O–H groups in total. The molecule has 1 aromatic heterocycles. The van der Waals surface area contributed by atoms with Crippen LogP contribution in [0.3, 0.4) is 0 Å². The molecule has 0 spiro atoms. The second-order valence-electron chi connectivity index (χ2n) is 2.44. The zero-order valence-electron chi connectivity index (χ0n) is 6.96. The quantitative estimate of drug-likeness (QED) is 0.461. The highest BCUT2D eigenvalue weighted by Gasteiger charge is 2.44. The molecular weight excluding hydrogens is 268 g/mol. The van der Waals surface area contributed by atoms with Gasteiger partial charge < -0.3 is 24.9 Å². The summed E-state index contributed by atoms with van der Waals surface area (Å²) in [6.07, 6.45) is 1.09. The lowest BCUT2D eigenvalue weighted by molar-refractivity contribution is 0.343. The number of hydrogen-bond donors (Lipinski definition) is 5. The monoisotopic (exact) mass is 275 g/mol. The zero-order valence-corrected chi connectivity index (χ0v) is 9.56. The minimum absolute atomic E-state index is 0.0772. The number of nitrogens with zero attached hydrogens (tertiary/aromatic N) is 2. The average molecular weight is 275 g/mol. The van der Waals surface area contributed by atoms with E-state index in [9.17, 15) is 9.13 Å². The molecule has 0 aliphatic heterocycles. The van der Waals surface area contributed by atoms with Crippen molar-refractivity contribution >= 4 is 31.9 Å². The molecule has 12 heteroatoms. The molecule has 0 aliphatic rings. The number of hydrogen-bond acceptors (Lipinski definition) is 6. The third-order valence-corrected chi connectivity index (χ3v) is 5.18. The number of rotatable bonds is 4. The summed E-state index contributed by atoms with van der Waals surface area (Å²) >= 11 is 0.725. The Balaban J connectivity index is 2.95. The standard InChI is InChI=1S/C3H7N3O6P2S/c7-13(8,9)3(14(10,11)12)6-2-4-1-5-15-2/h1,3H,(H,4,5,6)(H2,7,8,9)(H2,10,11,12). The van der Waals surface area contributed by atoms with Crippen LogP contribution in [0, 0.1) is 0 Å². The fourth-order valence-electron chi connectivity index (χ4n) is 0.711. The maximum atomic E-state index is 10.8. The number of anilines is 1. The van der Waals surface area contributed by atoms with Crippen LogP contribution >= 0.6 is 26.7 Å². The first kappa shape index (κ1) is 12.7. The van der Waals surface area contributed by atoms with Gasteiger partial charge in [-0.05, 0) is 0 Å². The van der Waals surface area contributed by atoms with Crippen LogP contribution in [0.4, 0.5) is 5.13 Å². The SMILES string of the molecule is O=P(O)(O)C(Nc1ncns1)P(=O)(O)O. The summed E-state index contributed by atoms with van der Waals surface area (Å²) in [6.45, 7) is 0. The van der Waals surface area contributed by atoms with Gasteiger partial charge in [0.15, 0.2) is 0 Å². The van der Waals surface area contributed by atoms with E-state index in [0.29, 0.717) is 0 Å². The largest absolute Gasteiger partial charge is 0.360 e. The van der Waals surface area contributed by atoms with Crippen molar-refractivity contribution in [1.29, 1.82) is 0 Å². The van der Waals surface area contributed by atoms with Crippen molar-refractivity contribution in [2.24, 2.45) is 0 Å². The summed E-state index contributed by atoms with van der Waals surface area (Å²) in [5.41, 5.74) is -2.29. The van der Waals surface area contributed by atoms with Gasteiger partial charge in [-0.15, -0.1) is 0 Å². The Bertz CT molecular complexity index is 387. The van der Waals surface area contributed by atoms with E-state index in [-0.39, 0.29) is 5.13 Å². The van der Waals surface area contributed by atoms with Crippen LogP contribution in [0.1, 0.15) is 0 Å².